The number of aryl methyl sites for hydroxylation is 2. The zero-order valence-electron chi connectivity index (χ0n) is 10.1. The Morgan fingerprint density at radius 1 is 1.35 bits per heavy atom. The minimum Gasteiger partial charge on any atom is -0.375 e. The second kappa shape index (κ2) is 4.67. The van der Waals surface area contributed by atoms with E-state index in [2.05, 4.69) is 24.9 Å². The largest absolute Gasteiger partial charge is 0.375 e. The number of halogens is 1. The van der Waals surface area contributed by atoms with Gasteiger partial charge in [-0.05, 0) is 31.0 Å². The molecule has 90 valence electrons. The van der Waals surface area contributed by atoms with Crippen LogP contribution in [0.15, 0.2) is 18.2 Å². The molecule has 0 radical (unpaired) electrons. The molecule has 1 atom stereocenters. The van der Waals surface area contributed by atoms with Crippen molar-refractivity contribution in [3.63, 3.8) is 0 Å². The number of nitrogens with two attached hydrogens (primary N) is 1. The van der Waals surface area contributed by atoms with E-state index in [9.17, 15) is 0 Å². The Morgan fingerprint density at radius 2 is 2.06 bits per heavy atom. The van der Waals surface area contributed by atoms with Crippen LogP contribution < -0.4 is 5.73 Å². The first-order valence-corrected chi connectivity index (χ1v) is 6.68. The average molecular weight is 267 g/mol. The molecule has 0 saturated heterocycles. The highest BCUT2D eigenvalue weighted by molar-refractivity contribution is 7.15. The average Bonchev–Trinajstić information content (AvgIpc) is 2.57. The zero-order chi connectivity index (χ0) is 12.6. The maximum Gasteiger partial charge on any atom is 0.180 e. The van der Waals surface area contributed by atoms with Crippen molar-refractivity contribution in [3.8, 4) is 0 Å². The van der Waals surface area contributed by atoms with Crippen molar-refractivity contribution in [3.05, 3.63) is 44.9 Å². The van der Waals surface area contributed by atoms with Crippen molar-refractivity contribution in [2.75, 3.05) is 5.73 Å². The molecule has 0 aliphatic heterocycles. The van der Waals surface area contributed by atoms with Crippen LogP contribution in [0.1, 0.15) is 34.5 Å². The number of aromatic nitrogens is 1. The molecule has 17 heavy (non-hydrogen) atoms. The Morgan fingerprint density at radius 3 is 2.59 bits per heavy atom. The maximum absolute atomic E-state index is 6.29. The Bertz CT molecular complexity index is 528. The smallest absolute Gasteiger partial charge is 0.180 e. The van der Waals surface area contributed by atoms with Crippen LogP contribution in [-0.2, 0) is 0 Å². The van der Waals surface area contributed by atoms with E-state index in [1.807, 2.05) is 19.1 Å². The molecular weight excluding hydrogens is 252 g/mol. The lowest BCUT2D eigenvalue weighted by Crippen LogP contribution is -1.99. The highest BCUT2D eigenvalue weighted by Crippen LogP contribution is 2.37. The van der Waals surface area contributed by atoms with Crippen molar-refractivity contribution in [1.29, 1.82) is 0 Å². The molecular formula is C13H15ClN2S. The monoisotopic (exact) mass is 266 g/mol. The van der Waals surface area contributed by atoms with Gasteiger partial charge in [0, 0.05) is 15.8 Å². The van der Waals surface area contributed by atoms with E-state index in [4.69, 9.17) is 17.3 Å². The van der Waals surface area contributed by atoms with E-state index >= 15 is 0 Å². The molecule has 0 fully saturated rings. The molecule has 0 bridgehead atoms. The summed E-state index contributed by atoms with van der Waals surface area (Å²) in [5.41, 5.74) is 9.12. The Hall–Kier alpha value is -1.06. The summed E-state index contributed by atoms with van der Waals surface area (Å²) < 4.78 is 0. The zero-order valence-corrected chi connectivity index (χ0v) is 11.7. The van der Waals surface area contributed by atoms with Crippen LogP contribution in [0.4, 0.5) is 5.13 Å². The van der Waals surface area contributed by atoms with Gasteiger partial charge in [0.25, 0.3) is 0 Å². The molecule has 2 nitrogen and oxygen atoms in total. The summed E-state index contributed by atoms with van der Waals surface area (Å²) in [6.07, 6.45) is 0. The molecule has 0 aliphatic rings. The molecule has 1 unspecified atom stereocenters. The lowest BCUT2D eigenvalue weighted by molar-refractivity contribution is 0.915. The van der Waals surface area contributed by atoms with Gasteiger partial charge in [-0.15, -0.1) is 11.3 Å². The van der Waals surface area contributed by atoms with Gasteiger partial charge < -0.3 is 5.73 Å². The molecule has 0 aliphatic carbocycles. The lowest BCUT2D eigenvalue weighted by Gasteiger charge is -2.15. The number of nitrogens with zero attached hydrogens (tertiary/aromatic N) is 1. The van der Waals surface area contributed by atoms with Gasteiger partial charge in [0.15, 0.2) is 5.13 Å². The standard InChI is InChI=1S/C13H15ClN2S/c1-7-5-4-6-10(14)11(7)8(2)12-9(3)16-13(15)17-12/h4-6,8H,1-3H3,(H2,15,16). The summed E-state index contributed by atoms with van der Waals surface area (Å²) in [5, 5.41) is 1.43. The molecule has 2 aromatic rings. The lowest BCUT2D eigenvalue weighted by atomic mass is 9.94. The fourth-order valence-corrected chi connectivity index (χ4v) is 3.44. The predicted octanol–water partition coefficient (Wildman–Crippen LogP) is 4.15. The summed E-state index contributed by atoms with van der Waals surface area (Å²) in [7, 11) is 0. The minimum absolute atomic E-state index is 0.235. The number of hydrogen-bond donors (Lipinski definition) is 1. The van der Waals surface area contributed by atoms with Crippen LogP contribution in [0.2, 0.25) is 5.02 Å². The second-order valence-electron chi connectivity index (χ2n) is 4.19. The fourth-order valence-electron chi connectivity index (χ4n) is 2.16. The number of thiazole rings is 1. The van der Waals surface area contributed by atoms with Crippen molar-refractivity contribution in [1.82, 2.24) is 4.98 Å². The van der Waals surface area contributed by atoms with Gasteiger partial charge >= 0.3 is 0 Å². The summed E-state index contributed by atoms with van der Waals surface area (Å²) >= 11 is 7.83. The van der Waals surface area contributed by atoms with Gasteiger partial charge in [0.1, 0.15) is 0 Å². The third-order valence-electron chi connectivity index (χ3n) is 2.95. The van der Waals surface area contributed by atoms with Gasteiger partial charge in [-0.1, -0.05) is 30.7 Å². The maximum atomic E-state index is 6.29. The number of nitrogen functional groups attached to an aromatic ring is 1. The van der Waals surface area contributed by atoms with Gasteiger partial charge in [0.2, 0.25) is 0 Å². The van der Waals surface area contributed by atoms with E-state index in [0.29, 0.717) is 5.13 Å². The third kappa shape index (κ3) is 2.31. The van der Waals surface area contributed by atoms with E-state index in [1.165, 1.54) is 16.0 Å². The number of benzene rings is 1. The first-order chi connectivity index (χ1) is 8.00. The predicted molar refractivity (Wildman–Crippen MR) is 75.0 cm³/mol. The first-order valence-electron chi connectivity index (χ1n) is 5.48. The SMILES string of the molecule is Cc1cccc(Cl)c1C(C)c1sc(N)nc1C. The fraction of sp³-hybridized carbons (Fsp3) is 0.308. The quantitative estimate of drug-likeness (QED) is 0.887. The number of hydrogen-bond acceptors (Lipinski definition) is 3. The van der Waals surface area contributed by atoms with Crippen LogP contribution in [-0.4, -0.2) is 4.98 Å². The summed E-state index contributed by atoms with van der Waals surface area (Å²) in [5.74, 6) is 0.235. The van der Waals surface area contributed by atoms with Crippen molar-refractivity contribution < 1.29 is 0 Å². The third-order valence-corrected chi connectivity index (χ3v) is 4.45. The number of rotatable bonds is 2. The van der Waals surface area contributed by atoms with Crippen molar-refractivity contribution in [2.45, 2.75) is 26.7 Å². The molecule has 1 aromatic heterocycles. The molecule has 0 saturated carbocycles. The van der Waals surface area contributed by atoms with Gasteiger partial charge in [-0.25, -0.2) is 4.98 Å². The van der Waals surface area contributed by atoms with Crippen LogP contribution in [0.25, 0.3) is 0 Å². The molecule has 0 spiro atoms. The van der Waals surface area contributed by atoms with Crippen LogP contribution in [0.3, 0.4) is 0 Å². The molecule has 1 heterocycles. The van der Waals surface area contributed by atoms with Gasteiger partial charge in [-0.2, -0.15) is 0 Å². The normalized spacial score (nSPS) is 12.7. The topological polar surface area (TPSA) is 38.9 Å². The Labute approximate surface area is 110 Å². The van der Waals surface area contributed by atoms with E-state index in [1.54, 1.807) is 11.3 Å². The first kappa shape index (κ1) is 12.4. The van der Waals surface area contributed by atoms with Crippen LogP contribution in [0.5, 0.6) is 0 Å². The molecule has 1 aromatic carbocycles. The Balaban J connectivity index is 2.51. The van der Waals surface area contributed by atoms with E-state index < -0.39 is 0 Å². The molecule has 2 N–H and O–H groups in total. The highest BCUT2D eigenvalue weighted by atomic mass is 35.5. The van der Waals surface area contributed by atoms with E-state index in [0.717, 1.165) is 10.7 Å². The van der Waals surface area contributed by atoms with Crippen molar-refractivity contribution in [2.24, 2.45) is 0 Å². The summed E-state index contributed by atoms with van der Waals surface area (Å²) in [6.45, 7) is 6.22. The summed E-state index contributed by atoms with van der Waals surface area (Å²) in [4.78, 5) is 5.46. The van der Waals surface area contributed by atoms with Gasteiger partial charge in [-0.3, -0.25) is 0 Å². The molecule has 4 heteroatoms. The highest BCUT2D eigenvalue weighted by Gasteiger charge is 2.19. The van der Waals surface area contributed by atoms with Crippen molar-refractivity contribution >= 4 is 28.1 Å². The second-order valence-corrected chi connectivity index (χ2v) is 5.66. The summed E-state index contributed by atoms with van der Waals surface area (Å²) in [6, 6.07) is 5.99. The molecule has 0 amide bonds. The van der Waals surface area contributed by atoms with Crippen LogP contribution >= 0.6 is 22.9 Å². The number of anilines is 1. The molecule has 2 rings (SSSR count). The van der Waals surface area contributed by atoms with E-state index in [-0.39, 0.29) is 5.92 Å². The Kier molecular flexibility index (Phi) is 3.40. The minimum atomic E-state index is 0.235. The van der Waals surface area contributed by atoms with Gasteiger partial charge in [0.05, 0.1) is 5.69 Å². The van der Waals surface area contributed by atoms with Crippen LogP contribution in [0, 0.1) is 13.8 Å².